The number of piperazine rings is 1. The summed E-state index contributed by atoms with van der Waals surface area (Å²) in [5.74, 6) is 0.618. The summed E-state index contributed by atoms with van der Waals surface area (Å²) in [5, 5.41) is 3.65. The molecule has 1 aliphatic heterocycles. The summed E-state index contributed by atoms with van der Waals surface area (Å²) in [4.78, 5) is 2.56. The number of rotatable bonds is 3. The van der Waals surface area contributed by atoms with Gasteiger partial charge in [0.25, 0.3) is 0 Å². The molecule has 0 spiro atoms. The maximum atomic E-state index is 3.65. The molecule has 1 unspecified atom stereocenters. The minimum absolute atomic E-state index is 0.218. The first-order valence-electron chi connectivity index (χ1n) is 7.44. The van der Waals surface area contributed by atoms with Crippen LogP contribution < -0.4 is 5.32 Å². The summed E-state index contributed by atoms with van der Waals surface area (Å²) in [6.45, 7) is 14.7. The maximum Gasteiger partial charge on any atom is 0.0255 e. The van der Waals surface area contributed by atoms with Gasteiger partial charge in [0.2, 0.25) is 0 Å². The summed E-state index contributed by atoms with van der Waals surface area (Å²) < 4.78 is 0. The van der Waals surface area contributed by atoms with E-state index in [2.05, 4.69) is 69.1 Å². The van der Waals surface area contributed by atoms with Crippen LogP contribution in [0.1, 0.15) is 51.7 Å². The fourth-order valence-electron chi connectivity index (χ4n) is 3.16. The van der Waals surface area contributed by atoms with E-state index in [0.29, 0.717) is 12.0 Å². The molecule has 1 N–H and O–H groups in total. The fraction of sp³-hybridized carbons (Fsp3) is 0.647. The average Bonchev–Trinajstić information content (AvgIpc) is 2.26. The third-order valence-corrected chi connectivity index (χ3v) is 3.84. The molecule has 2 nitrogen and oxygen atoms in total. The van der Waals surface area contributed by atoms with Crippen LogP contribution in [0.3, 0.4) is 0 Å². The molecule has 106 valence electrons. The Hall–Kier alpha value is -0.860. The van der Waals surface area contributed by atoms with Crippen molar-refractivity contribution in [3.05, 3.63) is 35.4 Å². The smallest absolute Gasteiger partial charge is 0.0255 e. The molecular weight excluding hydrogens is 232 g/mol. The monoisotopic (exact) mass is 260 g/mol. The van der Waals surface area contributed by atoms with Gasteiger partial charge in [0, 0.05) is 31.2 Å². The Morgan fingerprint density at radius 1 is 1.26 bits per heavy atom. The van der Waals surface area contributed by atoms with E-state index >= 15 is 0 Å². The molecule has 0 amide bonds. The van der Waals surface area contributed by atoms with Gasteiger partial charge in [-0.2, -0.15) is 0 Å². The van der Waals surface area contributed by atoms with Gasteiger partial charge >= 0.3 is 0 Å². The molecule has 1 aliphatic rings. The number of hydrogen-bond donors (Lipinski definition) is 1. The van der Waals surface area contributed by atoms with Crippen LogP contribution in [-0.4, -0.2) is 29.6 Å². The van der Waals surface area contributed by atoms with Gasteiger partial charge in [0.1, 0.15) is 0 Å². The third-order valence-electron chi connectivity index (χ3n) is 3.84. The van der Waals surface area contributed by atoms with Crippen molar-refractivity contribution in [2.24, 2.45) is 0 Å². The Morgan fingerprint density at radius 2 is 1.89 bits per heavy atom. The van der Waals surface area contributed by atoms with Gasteiger partial charge < -0.3 is 5.32 Å². The molecule has 1 aromatic rings. The van der Waals surface area contributed by atoms with Crippen molar-refractivity contribution in [3.63, 3.8) is 0 Å². The molecule has 1 aromatic carbocycles. The molecule has 0 aromatic heterocycles. The molecule has 1 atom stereocenters. The van der Waals surface area contributed by atoms with Crippen molar-refractivity contribution in [1.29, 1.82) is 0 Å². The number of nitrogens with zero attached hydrogens (tertiary/aromatic N) is 1. The Morgan fingerprint density at radius 3 is 2.42 bits per heavy atom. The predicted molar refractivity (Wildman–Crippen MR) is 82.5 cm³/mol. The number of hydrogen-bond acceptors (Lipinski definition) is 2. The highest BCUT2D eigenvalue weighted by molar-refractivity contribution is 5.24. The topological polar surface area (TPSA) is 15.3 Å². The van der Waals surface area contributed by atoms with E-state index in [-0.39, 0.29) is 5.54 Å². The molecular formula is C17H28N2. The van der Waals surface area contributed by atoms with E-state index in [0.717, 1.165) is 19.6 Å². The van der Waals surface area contributed by atoms with Gasteiger partial charge in [-0.25, -0.2) is 0 Å². The lowest BCUT2D eigenvalue weighted by molar-refractivity contribution is 0.117. The first kappa shape index (κ1) is 14.5. The van der Waals surface area contributed by atoms with Crippen LogP contribution in [0.4, 0.5) is 0 Å². The maximum absolute atomic E-state index is 3.65. The summed E-state index contributed by atoms with van der Waals surface area (Å²) in [7, 11) is 0. The van der Waals surface area contributed by atoms with Crippen molar-refractivity contribution < 1.29 is 0 Å². The highest BCUT2D eigenvalue weighted by Gasteiger charge is 2.29. The van der Waals surface area contributed by atoms with Gasteiger partial charge in [-0.05, 0) is 37.8 Å². The van der Waals surface area contributed by atoms with Gasteiger partial charge in [-0.15, -0.1) is 0 Å². The van der Waals surface area contributed by atoms with Crippen LogP contribution in [0.25, 0.3) is 0 Å². The zero-order valence-electron chi connectivity index (χ0n) is 13.0. The lowest BCUT2D eigenvalue weighted by Crippen LogP contribution is -2.60. The second-order valence-corrected chi connectivity index (χ2v) is 7.00. The normalized spacial score (nSPS) is 23.8. The van der Waals surface area contributed by atoms with Crippen LogP contribution in [0.2, 0.25) is 0 Å². The van der Waals surface area contributed by atoms with Crippen molar-refractivity contribution in [2.45, 2.75) is 58.7 Å². The predicted octanol–water partition coefficient (Wildman–Crippen LogP) is 3.38. The Balaban J connectivity index is 2.00. The zero-order chi connectivity index (χ0) is 14.0. The number of nitrogens with one attached hydrogen (secondary N) is 1. The van der Waals surface area contributed by atoms with Crippen molar-refractivity contribution in [2.75, 3.05) is 13.1 Å². The standard InChI is InChI=1S/C17H28N2/c1-13(2)16-8-6-15(7-9-16)11-19-10-14(3)18-17(4,5)12-19/h6-9,13-14,18H,10-12H2,1-5H3. The average molecular weight is 260 g/mol. The Bertz CT molecular complexity index is 406. The van der Waals surface area contributed by atoms with Gasteiger partial charge in [0.05, 0.1) is 0 Å². The Kier molecular flexibility index (Phi) is 4.32. The molecule has 2 rings (SSSR count). The SMILES string of the molecule is CC1CN(Cc2ccc(C(C)C)cc2)CC(C)(C)N1. The first-order chi connectivity index (χ1) is 8.85. The molecule has 0 radical (unpaired) electrons. The van der Waals surface area contributed by atoms with Gasteiger partial charge in [0.15, 0.2) is 0 Å². The largest absolute Gasteiger partial charge is 0.307 e. The minimum atomic E-state index is 0.218. The molecule has 0 saturated carbocycles. The van der Waals surface area contributed by atoms with Crippen molar-refractivity contribution in [3.8, 4) is 0 Å². The molecule has 19 heavy (non-hydrogen) atoms. The van der Waals surface area contributed by atoms with E-state index in [4.69, 9.17) is 0 Å². The van der Waals surface area contributed by atoms with Crippen molar-refractivity contribution in [1.82, 2.24) is 10.2 Å². The van der Waals surface area contributed by atoms with Crippen LogP contribution in [0.15, 0.2) is 24.3 Å². The zero-order valence-corrected chi connectivity index (χ0v) is 13.0. The molecule has 1 saturated heterocycles. The fourth-order valence-corrected chi connectivity index (χ4v) is 3.16. The van der Waals surface area contributed by atoms with Crippen LogP contribution in [-0.2, 0) is 6.54 Å². The van der Waals surface area contributed by atoms with Crippen molar-refractivity contribution >= 4 is 0 Å². The minimum Gasteiger partial charge on any atom is -0.307 e. The van der Waals surface area contributed by atoms with E-state index < -0.39 is 0 Å². The highest BCUT2D eigenvalue weighted by atomic mass is 15.2. The second kappa shape index (κ2) is 5.64. The van der Waals surface area contributed by atoms with Crippen LogP contribution in [0.5, 0.6) is 0 Å². The van der Waals surface area contributed by atoms with Crippen LogP contribution >= 0.6 is 0 Å². The number of benzene rings is 1. The van der Waals surface area contributed by atoms with Gasteiger partial charge in [-0.1, -0.05) is 38.1 Å². The van der Waals surface area contributed by atoms with E-state index in [1.54, 1.807) is 0 Å². The van der Waals surface area contributed by atoms with Gasteiger partial charge in [-0.3, -0.25) is 4.90 Å². The second-order valence-electron chi connectivity index (χ2n) is 7.00. The molecule has 1 heterocycles. The lowest BCUT2D eigenvalue weighted by Gasteiger charge is -2.42. The molecule has 0 bridgehead atoms. The summed E-state index contributed by atoms with van der Waals surface area (Å²) >= 11 is 0. The quantitative estimate of drug-likeness (QED) is 0.896. The highest BCUT2D eigenvalue weighted by Crippen LogP contribution is 2.19. The summed E-state index contributed by atoms with van der Waals surface area (Å²) in [5.41, 5.74) is 3.07. The van der Waals surface area contributed by atoms with E-state index in [1.807, 2.05) is 0 Å². The summed E-state index contributed by atoms with van der Waals surface area (Å²) in [6.07, 6.45) is 0. The molecule has 0 aliphatic carbocycles. The summed E-state index contributed by atoms with van der Waals surface area (Å²) in [6, 6.07) is 9.69. The molecule has 1 fully saturated rings. The van der Waals surface area contributed by atoms with Crippen LogP contribution in [0, 0.1) is 0 Å². The lowest BCUT2D eigenvalue weighted by atomic mass is 9.98. The third kappa shape index (κ3) is 4.05. The molecule has 2 heteroatoms. The van der Waals surface area contributed by atoms with E-state index in [1.165, 1.54) is 11.1 Å². The Labute approximate surface area is 118 Å². The van der Waals surface area contributed by atoms with E-state index in [9.17, 15) is 0 Å². The first-order valence-corrected chi connectivity index (χ1v) is 7.44.